The Morgan fingerprint density at radius 1 is 1.03 bits per heavy atom. The van der Waals surface area contributed by atoms with Crippen molar-refractivity contribution in [3.8, 4) is 0 Å². The molecule has 0 N–H and O–H groups in total. The van der Waals surface area contributed by atoms with Crippen LogP contribution in [0.2, 0.25) is 10.0 Å². The van der Waals surface area contributed by atoms with Crippen LogP contribution in [0.5, 0.6) is 0 Å². The van der Waals surface area contributed by atoms with Crippen molar-refractivity contribution in [2.45, 2.75) is 25.4 Å². The van der Waals surface area contributed by atoms with Gasteiger partial charge in [-0.2, -0.15) is 0 Å². The maximum Gasteiger partial charge on any atom is 0.255 e. The first-order valence-electron chi connectivity index (χ1n) is 11.8. The molecule has 2 aliphatic rings. The molecule has 0 saturated carbocycles. The number of thiophene rings is 1. The number of carbonyl (C=O) groups is 2. The third kappa shape index (κ3) is 4.98. The minimum Gasteiger partial charge on any atom is -0.338 e. The third-order valence-corrected chi connectivity index (χ3v) is 8.47. The third-order valence-electron chi connectivity index (χ3n) is 6.92. The fraction of sp³-hybridized carbons (Fsp3) is 0.333. The minimum absolute atomic E-state index is 0.0856. The quantitative estimate of drug-likeness (QED) is 0.457. The lowest BCUT2D eigenvalue weighted by atomic mass is 9.93. The zero-order valence-corrected chi connectivity index (χ0v) is 21.8. The molecule has 1 aromatic heterocycles. The molecule has 35 heavy (non-hydrogen) atoms. The summed E-state index contributed by atoms with van der Waals surface area (Å²) in [5.74, 6) is -0.0236. The number of benzene rings is 2. The topological polar surface area (TPSA) is 43.9 Å². The van der Waals surface area contributed by atoms with Gasteiger partial charge in [0.25, 0.3) is 5.91 Å². The highest BCUT2D eigenvalue weighted by molar-refractivity contribution is 7.10. The van der Waals surface area contributed by atoms with Gasteiger partial charge in [-0.05, 0) is 54.1 Å². The van der Waals surface area contributed by atoms with Crippen molar-refractivity contribution in [1.82, 2.24) is 14.7 Å². The van der Waals surface area contributed by atoms with Gasteiger partial charge < -0.3 is 9.80 Å². The Morgan fingerprint density at radius 2 is 1.83 bits per heavy atom. The molecular formula is C27H27Cl2N3O2S. The van der Waals surface area contributed by atoms with Crippen LogP contribution in [0.1, 0.15) is 39.3 Å². The van der Waals surface area contributed by atoms with Gasteiger partial charge in [0.1, 0.15) is 0 Å². The number of fused-ring (bicyclic) bond motifs is 1. The minimum atomic E-state index is -0.128. The summed E-state index contributed by atoms with van der Waals surface area (Å²) in [5, 5.41) is 2.99. The Morgan fingerprint density at radius 3 is 2.57 bits per heavy atom. The molecule has 1 saturated heterocycles. The maximum absolute atomic E-state index is 13.4. The number of piperazine rings is 1. The number of amides is 2. The molecule has 0 bridgehead atoms. The zero-order valence-electron chi connectivity index (χ0n) is 19.5. The van der Waals surface area contributed by atoms with Crippen LogP contribution in [0.4, 0.5) is 0 Å². The number of carbonyl (C=O) groups excluding carboxylic acids is 2. The molecule has 5 nitrogen and oxygen atoms in total. The van der Waals surface area contributed by atoms with Crippen molar-refractivity contribution in [1.29, 1.82) is 0 Å². The number of nitrogens with zero attached hydrogens (tertiary/aromatic N) is 3. The average molecular weight is 529 g/mol. The molecule has 2 amide bonds. The van der Waals surface area contributed by atoms with Crippen molar-refractivity contribution in [3.05, 3.63) is 91.6 Å². The first-order chi connectivity index (χ1) is 16.9. The van der Waals surface area contributed by atoms with Gasteiger partial charge in [0.05, 0.1) is 23.2 Å². The molecule has 0 radical (unpaired) electrons. The zero-order chi connectivity index (χ0) is 24.5. The van der Waals surface area contributed by atoms with E-state index in [-0.39, 0.29) is 23.9 Å². The van der Waals surface area contributed by atoms with E-state index < -0.39 is 0 Å². The largest absolute Gasteiger partial charge is 0.338 e. The molecule has 2 atom stereocenters. The molecular weight excluding hydrogens is 501 g/mol. The van der Waals surface area contributed by atoms with Crippen LogP contribution in [0.15, 0.2) is 60.0 Å². The summed E-state index contributed by atoms with van der Waals surface area (Å²) in [7, 11) is 0. The molecule has 0 spiro atoms. The number of rotatable bonds is 4. The molecule has 182 valence electrons. The van der Waals surface area contributed by atoms with Crippen LogP contribution in [0, 0.1) is 0 Å². The predicted octanol–water partition coefficient (Wildman–Crippen LogP) is 5.38. The fourth-order valence-electron chi connectivity index (χ4n) is 5.14. The van der Waals surface area contributed by atoms with Crippen LogP contribution < -0.4 is 0 Å². The van der Waals surface area contributed by atoms with Crippen molar-refractivity contribution < 1.29 is 9.59 Å². The molecule has 8 heteroatoms. The van der Waals surface area contributed by atoms with Crippen LogP contribution in [-0.2, 0) is 11.2 Å². The molecule has 2 aromatic carbocycles. The van der Waals surface area contributed by atoms with Gasteiger partial charge >= 0.3 is 0 Å². The summed E-state index contributed by atoms with van der Waals surface area (Å²) < 4.78 is 0. The van der Waals surface area contributed by atoms with Gasteiger partial charge in [-0.1, -0.05) is 53.5 Å². The van der Waals surface area contributed by atoms with E-state index in [1.165, 1.54) is 16.0 Å². The maximum atomic E-state index is 13.4. The molecule has 5 rings (SSSR count). The predicted molar refractivity (Wildman–Crippen MR) is 141 cm³/mol. The Bertz CT molecular complexity index is 1230. The SMILES string of the molecule is C[C@H]1CN(C(=O)CN2CCc3sccc3[C@H]2c2ccccc2)CCN1C(=O)c1ccc(Cl)cc1Cl. The van der Waals surface area contributed by atoms with Crippen molar-refractivity contribution in [2.24, 2.45) is 0 Å². The van der Waals surface area contributed by atoms with Crippen molar-refractivity contribution in [2.75, 3.05) is 32.7 Å². The summed E-state index contributed by atoms with van der Waals surface area (Å²) in [6.07, 6.45) is 0.962. The lowest BCUT2D eigenvalue weighted by molar-refractivity contribution is -0.135. The van der Waals surface area contributed by atoms with E-state index in [1.807, 2.05) is 17.9 Å². The van der Waals surface area contributed by atoms with E-state index in [0.29, 0.717) is 41.8 Å². The normalized spacial score (nSPS) is 20.5. The molecule has 3 heterocycles. The van der Waals surface area contributed by atoms with Gasteiger partial charge in [0, 0.05) is 42.1 Å². The summed E-state index contributed by atoms with van der Waals surface area (Å²) in [4.78, 5) is 33.9. The van der Waals surface area contributed by atoms with Gasteiger partial charge in [0.15, 0.2) is 0 Å². The lowest BCUT2D eigenvalue weighted by Gasteiger charge is -2.42. The van der Waals surface area contributed by atoms with E-state index in [0.717, 1.165) is 13.0 Å². The number of halogens is 2. The first-order valence-corrected chi connectivity index (χ1v) is 13.4. The molecule has 3 aromatic rings. The molecule has 0 aliphatic carbocycles. The van der Waals surface area contributed by atoms with Gasteiger partial charge in [-0.15, -0.1) is 11.3 Å². The van der Waals surface area contributed by atoms with Crippen molar-refractivity contribution >= 4 is 46.4 Å². The average Bonchev–Trinajstić information content (AvgIpc) is 3.33. The lowest BCUT2D eigenvalue weighted by Crippen LogP contribution is -2.57. The monoisotopic (exact) mass is 527 g/mol. The van der Waals surface area contributed by atoms with E-state index in [4.69, 9.17) is 23.2 Å². The van der Waals surface area contributed by atoms with Crippen LogP contribution in [0.3, 0.4) is 0 Å². The molecule has 2 aliphatic heterocycles. The molecule has 1 fully saturated rings. The molecule has 0 unspecified atom stereocenters. The van der Waals surface area contributed by atoms with E-state index in [1.54, 1.807) is 34.4 Å². The highest BCUT2D eigenvalue weighted by Gasteiger charge is 2.35. The van der Waals surface area contributed by atoms with E-state index in [9.17, 15) is 9.59 Å². The summed E-state index contributed by atoms with van der Waals surface area (Å²) >= 11 is 14.1. The van der Waals surface area contributed by atoms with Crippen LogP contribution >= 0.6 is 34.5 Å². The van der Waals surface area contributed by atoms with E-state index in [2.05, 4.69) is 40.6 Å². The smallest absolute Gasteiger partial charge is 0.255 e. The number of hydrogen-bond donors (Lipinski definition) is 0. The second-order valence-electron chi connectivity index (χ2n) is 9.14. The van der Waals surface area contributed by atoms with Gasteiger partial charge in [-0.25, -0.2) is 0 Å². The Hall–Kier alpha value is -2.38. The number of hydrogen-bond acceptors (Lipinski definition) is 4. The van der Waals surface area contributed by atoms with Crippen LogP contribution in [-0.4, -0.2) is 65.3 Å². The van der Waals surface area contributed by atoms with Crippen molar-refractivity contribution in [3.63, 3.8) is 0 Å². The summed E-state index contributed by atoms with van der Waals surface area (Å²) in [6.45, 7) is 4.67. The first kappa shape index (κ1) is 24.3. The summed E-state index contributed by atoms with van der Waals surface area (Å²) in [6, 6.07) is 17.5. The van der Waals surface area contributed by atoms with Gasteiger partial charge in [-0.3, -0.25) is 14.5 Å². The standard InChI is InChI=1S/C27H27Cl2N3O2S/c1-18-16-30(12-13-32(18)27(34)21-8-7-20(28)15-23(21)29)25(33)17-31-11-9-24-22(10-14-35-24)26(31)19-5-3-2-4-6-19/h2-8,10,14-15,18,26H,9,11-13,16-17H2,1H3/t18-,26+/m0/s1. The Balaban J connectivity index is 1.27. The highest BCUT2D eigenvalue weighted by Crippen LogP contribution is 2.37. The van der Waals surface area contributed by atoms with E-state index >= 15 is 0 Å². The van der Waals surface area contributed by atoms with Crippen LogP contribution in [0.25, 0.3) is 0 Å². The fourth-order valence-corrected chi connectivity index (χ4v) is 6.53. The Kier molecular flexibility index (Phi) is 7.17. The second-order valence-corrected chi connectivity index (χ2v) is 11.0. The summed E-state index contributed by atoms with van der Waals surface area (Å²) in [5.41, 5.74) is 2.96. The Labute approximate surface area is 219 Å². The highest BCUT2D eigenvalue weighted by atomic mass is 35.5. The second kappa shape index (κ2) is 10.3. The van der Waals surface area contributed by atoms with Gasteiger partial charge in [0.2, 0.25) is 5.91 Å².